The summed E-state index contributed by atoms with van der Waals surface area (Å²) in [5, 5.41) is 8.01. The standard InChI is InChI=1S/C16H18N4O4/c1-9-18-19-15(24-9)12-8-23-13-7-20(6-11(12)13)16(21)10-4-3-5-17-14(10)22-2/h3-5,11-13H,6-8H2,1-2H3/t11-,12+,13-/m1/s1. The first kappa shape index (κ1) is 15.1. The number of fused-ring (bicyclic) bond motifs is 1. The van der Waals surface area contributed by atoms with E-state index in [-0.39, 0.29) is 23.8 Å². The number of amides is 1. The first-order chi connectivity index (χ1) is 11.7. The molecule has 1 amide bonds. The van der Waals surface area contributed by atoms with E-state index >= 15 is 0 Å². The van der Waals surface area contributed by atoms with Gasteiger partial charge in [-0.2, -0.15) is 0 Å². The molecule has 8 heteroatoms. The molecule has 126 valence electrons. The number of carbonyl (C=O) groups is 1. The van der Waals surface area contributed by atoms with Gasteiger partial charge in [0.15, 0.2) is 0 Å². The zero-order valence-electron chi connectivity index (χ0n) is 13.5. The SMILES string of the molecule is COc1ncccc1C(=O)N1C[C@@H]2[C@@H](c3nnc(C)o3)CO[C@@H]2C1. The summed E-state index contributed by atoms with van der Waals surface area (Å²) in [5.74, 6) is 1.57. The molecule has 0 N–H and O–H groups in total. The average Bonchev–Trinajstić information content (AvgIpc) is 3.29. The fourth-order valence-corrected chi connectivity index (χ4v) is 3.48. The Balaban J connectivity index is 1.53. The highest BCUT2D eigenvalue weighted by Crippen LogP contribution is 2.40. The maximum absolute atomic E-state index is 12.8. The lowest BCUT2D eigenvalue weighted by Gasteiger charge is -2.19. The summed E-state index contributed by atoms with van der Waals surface area (Å²) in [4.78, 5) is 18.7. The van der Waals surface area contributed by atoms with E-state index in [2.05, 4.69) is 15.2 Å². The van der Waals surface area contributed by atoms with E-state index in [0.717, 1.165) is 0 Å². The molecule has 4 heterocycles. The number of nitrogens with zero attached hydrogens (tertiary/aromatic N) is 4. The average molecular weight is 330 g/mol. The van der Waals surface area contributed by atoms with Gasteiger partial charge >= 0.3 is 0 Å². The lowest BCUT2D eigenvalue weighted by atomic mass is 9.93. The molecule has 0 radical (unpaired) electrons. The monoisotopic (exact) mass is 330 g/mol. The quantitative estimate of drug-likeness (QED) is 0.830. The van der Waals surface area contributed by atoms with E-state index in [4.69, 9.17) is 13.9 Å². The molecule has 2 aromatic heterocycles. The van der Waals surface area contributed by atoms with Crippen LogP contribution < -0.4 is 4.74 Å². The Labute approximate surface area is 138 Å². The number of methoxy groups -OCH3 is 1. The van der Waals surface area contributed by atoms with E-state index in [9.17, 15) is 4.79 Å². The topological polar surface area (TPSA) is 90.6 Å². The highest BCUT2D eigenvalue weighted by atomic mass is 16.5. The van der Waals surface area contributed by atoms with Crippen LogP contribution in [-0.2, 0) is 4.74 Å². The maximum Gasteiger partial charge on any atom is 0.259 e. The molecule has 0 aliphatic carbocycles. The Bertz CT molecular complexity index is 762. The Morgan fingerprint density at radius 3 is 3.00 bits per heavy atom. The van der Waals surface area contributed by atoms with Crippen LogP contribution in [0.1, 0.15) is 28.1 Å². The molecule has 2 saturated heterocycles. The zero-order chi connectivity index (χ0) is 16.7. The molecule has 8 nitrogen and oxygen atoms in total. The minimum atomic E-state index is -0.0987. The zero-order valence-corrected chi connectivity index (χ0v) is 13.5. The Morgan fingerprint density at radius 2 is 2.25 bits per heavy atom. The number of rotatable bonds is 3. The Hall–Kier alpha value is -2.48. The van der Waals surface area contributed by atoms with Crippen LogP contribution in [0.15, 0.2) is 22.7 Å². The first-order valence-corrected chi connectivity index (χ1v) is 7.87. The smallest absolute Gasteiger partial charge is 0.259 e. The molecule has 0 unspecified atom stereocenters. The summed E-state index contributed by atoms with van der Waals surface area (Å²) < 4.78 is 16.6. The van der Waals surface area contributed by atoms with Gasteiger partial charge in [0.05, 0.1) is 25.7 Å². The predicted molar refractivity (Wildman–Crippen MR) is 81.7 cm³/mol. The molecule has 2 aliphatic rings. The van der Waals surface area contributed by atoms with E-state index in [0.29, 0.717) is 42.9 Å². The summed E-state index contributed by atoms with van der Waals surface area (Å²) in [6.45, 7) is 3.46. The normalized spacial score (nSPS) is 25.8. The Morgan fingerprint density at radius 1 is 1.38 bits per heavy atom. The molecule has 0 bridgehead atoms. The number of aryl methyl sites for hydroxylation is 1. The largest absolute Gasteiger partial charge is 0.480 e. The molecule has 24 heavy (non-hydrogen) atoms. The van der Waals surface area contributed by atoms with Crippen LogP contribution in [0.4, 0.5) is 0 Å². The van der Waals surface area contributed by atoms with Gasteiger partial charge in [-0.15, -0.1) is 10.2 Å². The molecule has 0 aromatic carbocycles. The molecular weight excluding hydrogens is 312 g/mol. The third kappa shape index (κ3) is 2.43. The van der Waals surface area contributed by atoms with Crippen molar-refractivity contribution >= 4 is 5.91 Å². The highest BCUT2D eigenvalue weighted by molar-refractivity contribution is 5.96. The number of likely N-dealkylation sites (tertiary alicyclic amines) is 1. The van der Waals surface area contributed by atoms with Crippen molar-refractivity contribution in [2.75, 3.05) is 26.8 Å². The Kier molecular flexibility index (Phi) is 3.68. The van der Waals surface area contributed by atoms with Gasteiger partial charge in [0, 0.05) is 32.1 Å². The van der Waals surface area contributed by atoms with Crippen molar-refractivity contribution in [3.8, 4) is 5.88 Å². The number of hydrogen-bond donors (Lipinski definition) is 0. The van der Waals surface area contributed by atoms with Crippen LogP contribution in [0.3, 0.4) is 0 Å². The molecule has 0 spiro atoms. The fraction of sp³-hybridized carbons (Fsp3) is 0.500. The second-order valence-corrected chi connectivity index (χ2v) is 6.07. The predicted octanol–water partition coefficient (Wildman–Crippen LogP) is 1.04. The van der Waals surface area contributed by atoms with Gasteiger partial charge in [0.2, 0.25) is 17.7 Å². The van der Waals surface area contributed by atoms with Crippen molar-refractivity contribution in [3.63, 3.8) is 0 Å². The number of ether oxygens (including phenoxy) is 2. The van der Waals surface area contributed by atoms with Gasteiger partial charge in [-0.05, 0) is 12.1 Å². The number of hydrogen-bond acceptors (Lipinski definition) is 7. The van der Waals surface area contributed by atoms with Crippen LogP contribution in [0, 0.1) is 12.8 Å². The van der Waals surface area contributed by atoms with E-state index in [1.54, 1.807) is 30.2 Å². The van der Waals surface area contributed by atoms with Crippen molar-refractivity contribution in [2.24, 2.45) is 5.92 Å². The lowest BCUT2D eigenvalue weighted by molar-refractivity contribution is 0.0683. The van der Waals surface area contributed by atoms with Gasteiger partial charge in [0.25, 0.3) is 5.91 Å². The van der Waals surface area contributed by atoms with Gasteiger partial charge in [-0.3, -0.25) is 4.79 Å². The van der Waals surface area contributed by atoms with E-state index < -0.39 is 0 Å². The first-order valence-electron chi connectivity index (χ1n) is 7.87. The summed E-state index contributed by atoms with van der Waals surface area (Å²) >= 11 is 0. The van der Waals surface area contributed by atoms with Crippen molar-refractivity contribution in [1.82, 2.24) is 20.1 Å². The third-order valence-electron chi connectivity index (χ3n) is 4.66. The number of aromatic nitrogens is 3. The molecule has 0 saturated carbocycles. The minimum absolute atomic E-state index is 0.00572. The summed E-state index contributed by atoms with van der Waals surface area (Å²) in [5.41, 5.74) is 0.463. The molecule has 2 fully saturated rings. The summed E-state index contributed by atoms with van der Waals surface area (Å²) in [6.07, 6.45) is 1.60. The molecular formula is C16H18N4O4. The van der Waals surface area contributed by atoms with Crippen molar-refractivity contribution in [3.05, 3.63) is 35.7 Å². The van der Waals surface area contributed by atoms with Crippen LogP contribution in [-0.4, -0.2) is 58.9 Å². The van der Waals surface area contributed by atoms with Gasteiger partial charge < -0.3 is 18.8 Å². The van der Waals surface area contributed by atoms with Crippen molar-refractivity contribution in [1.29, 1.82) is 0 Å². The molecule has 2 aliphatic heterocycles. The van der Waals surface area contributed by atoms with Crippen LogP contribution in [0.2, 0.25) is 0 Å². The van der Waals surface area contributed by atoms with Gasteiger partial charge in [0.1, 0.15) is 5.56 Å². The van der Waals surface area contributed by atoms with Gasteiger partial charge in [-0.25, -0.2) is 4.98 Å². The second kappa shape index (κ2) is 5.86. The third-order valence-corrected chi connectivity index (χ3v) is 4.66. The van der Waals surface area contributed by atoms with Crippen molar-refractivity contribution in [2.45, 2.75) is 18.9 Å². The maximum atomic E-state index is 12.8. The summed E-state index contributed by atoms with van der Waals surface area (Å²) in [6, 6.07) is 3.45. The van der Waals surface area contributed by atoms with E-state index in [1.807, 2.05) is 0 Å². The van der Waals surface area contributed by atoms with Crippen molar-refractivity contribution < 1.29 is 18.7 Å². The second-order valence-electron chi connectivity index (χ2n) is 6.07. The molecule has 2 aromatic rings. The lowest BCUT2D eigenvalue weighted by Crippen LogP contribution is -2.31. The molecule has 4 rings (SSSR count). The van der Waals surface area contributed by atoms with Crippen LogP contribution in [0.5, 0.6) is 5.88 Å². The molecule has 3 atom stereocenters. The highest BCUT2D eigenvalue weighted by Gasteiger charge is 2.48. The van der Waals surface area contributed by atoms with Gasteiger partial charge in [-0.1, -0.05) is 0 Å². The van der Waals surface area contributed by atoms with Crippen LogP contribution >= 0.6 is 0 Å². The number of carbonyl (C=O) groups excluding carboxylic acids is 1. The fourth-order valence-electron chi connectivity index (χ4n) is 3.48. The minimum Gasteiger partial charge on any atom is -0.480 e. The number of pyridine rings is 1. The summed E-state index contributed by atoms with van der Waals surface area (Å²) in [7, 11) is 1.51. The van der Waals surface area contributed by atoms with E-state index in [1.165, 1.54) is 7.11 Å². The van der Waals surface area contributed by atoms with Crippen LogP contribution in [0.25, 0.3) is 0 Å².